The number of rotatable bonds is 55. The number of quaternary nitrogens is 1. The molecule has 0 aliphatic rings. The first-order valence-electron chi connectivity index (χ1n) is 29.4. The van der Waals surface area contributed by atoms with Crippen LogP contribution < -0.4 is 5.32 Å². The van der Waals surface area contributed by atoms with Crippen molar-refractivity contribution in [3.05, 3.63) is 0 Å². The summed E-state index contributed by atoms with van der Waals surface area (Å²) in [6.07, 6.45) is 59.2. The molecule has 0 heterocycles. The molecule has 396 valence electrons. The van der Waals surface area contributed by atoms with Crippen LogP contribution in [0.2, 0.25) is 0 Å². The molecule has 0 fully saturated rings. The number of hydrogen-bond donors (Lipinski definition) is 3. The van der Waals surface area contributed by atoms with Crippen LogP contribution in [0.5, 0.6) is 0 Å². The number of unbranched alkanes of at least 4 members (excludes halogenated alkanes) is 42. The second kappa shape index (κ2) is 49.5. The molecule has 0 aromatic heterocycles. The summed E-state index contributed by atoms with van der Waals surface area (Å²) in [5, 5.41) is 13.9. The van der Waals surface area contributed by atoms with Gasteiger partial charge >= 0.3 is 7.82 Å². The number of likely N-dealkylation sites (N-methyl/N-ethyl adjacent to an activating group) is 1. The SMILES string of the molecule is CCCCCCCCCCCCCCCCCCCCCCCCCCCCCCCCCCCCCC(=O)N[C@@H](COP(=O)(O)OCC[N+](C)(C)C)[C@H](O)CCCCCCCCCCC. The number of phosphoric ester groups is 1. The summed E-state index contributed by atoms with van der Waals surface area (Å²) in [5.74, 6) is -0.139. The quantitative estimate of drug-likeness (QED) is 0.0319. The molecule has 0 saturated carbocycles. The molecule has 0 rings (SSSR count). The van der Waals surface area contributed by atoms with Crippen molar-refractivity contribution >= 4 is 13.7 Å². The van der Waals surface area contributed by atoms with E-state index < -0.39 is 20.0 Å². The highest BCUT2D eigenvalue weighted by Gasteiger charge is 2.28. The predicted octanol–water partition coefficient (Wildman–Crippen LogP) is 17.7. The van der Waals surface area contributed by atoms with E-state index in [1.165, 1.54) is 244 Å². The van der Waals surface area contributed by atoms with E-state index >= 15 is 0 Å². The van der Waals surface area contributed by atoms with Crippen LogP contribution in [0.25, 0.3) is 0 Å². The van der Waals surface area contributed by atoms with Gasteiger partial charge in [0.2, 0.25) is 5.91 Å². The van der Waals surface area contributed by atoms with Gasteiger partial charge in [0.05, 0.1) is 39.9 Å². The number of hydrogen-bond acceptors (Lipinski definition) is 5. The molecule has 1 amide bonds. The molecule has 66 heavy (non-hydrogen) atoms. The maximum atomic E-state index is 12.9. The Kier molecular flexibility index (Phi) is 49.1. The van der Waals surface area contributed by atoms with Crippen molar-refractivity contribution in [1.29, 1.82) is 0 Å². The average molecular weight is 959 g/mol. The normalized spacial score (nSPS) is 13.9. The average Bonchev–Trinajstić information content (AvgIpc) is 3.28. The van der Waals surface area contributed by atoms with Crippen molar-refractivity contribution in [2.75, 3.05) is 40.9 Å². The van der Waals surface area contributed by atoms with Gasteiger partial charge in [0.15, 0.2) is 0 Å². The fourth-order valence-electron chi connectivity index (χ4n) is 9.23. The third kappa shape index (κ3) is 51.4. The van der Waals surface area contributed by atoms with E-state index in [9.17, 15) is 19.4 Å². The first kappa shape index (κ1) is 65.5. The Hall–Kier alpha value is -0.500. The zero-order chi connectivity index (χ0) is 48.5. The number of carbonyl (C=O) groups is 1. The van der Waals surface area contributed by atoms with Crippen LogP contribution in [0.1, 0.15) is 309 Å². The van der Waals surface area contributed by atoms with Gasteiger partial charge in [-0.25, -0.2) is 4.57 Å². The molecule has 0 aliphatic heterocycles. The minimum Gasteiger partial charge on any atom is -0.391 e. The Morgan fingerprint density at radius 1 is 0.455 bits per heavy atom. The van der Waals surface area contributed by atoms with Crippen LogP contribution in [0.15, 0.2) is 0 Å². The Bertz CT molecular complexity index is 1040. The third-order valence-corrected chi connectivity index (χ3v) is 14.8. The summed E-state index contributed by atoms with van der Waals surface area (Å²) in [5.41, 5.74) is 0. The van der Waals surface area contributed by atoms with Gasteiger partial charge in [0, 0.05) is 6.42 Å². The lowest BCUT2D eigenvalue weighted by Gasteiger charge is -2.26. The monoisotopic (exact) mass is 958 g/mol. The molecular formula is C57H118N2O6P+. The smallest absolute Gasteiger partial charge is 0.391 e. The van der Waals surface area contributed by atoms with Crippen LogP contribution in [0.3, 0.4) is 0 Å². The molecule has 1 unspecified atom stereocenters. The van der Waals surface area contributed by atoms with E-state index in [-0.39, 0.29) is 19.1 Å². The van der Waals surface area contributed by atoms with Crippen molar-refractivity contribution in [3.8, 4) is 0 Å². The molecule has 8 nitrogen and oxygen atoms in total. The van der Waals surface area contributed by atoms with Gasteiger partial charge in [0.1, 0.15) is 13.2 Å². The summed E-state index contributed by atoms with van der Waals surface area (Å²) >= 11 is 0. The molecule has 0 aromatic rings. The zero-order valence-electron chi connectivity index (χ0n) is 45.2. The predicted molar refractivity (Wildman–Crippen MR) is 286 cm³/mol. The topological polar surface area (TPSA) is 105 Å². The van der Waals surface area contributed by atoms with Crippen LogP contribution >= 0.6 is 7.82 Å². The van der Waals surface area contributed by atoms with Gasteiger partial charge in [-0.15, -0.1) is 0 Å². The van der Waals surface area contributed by atoms with Crippen LogP contribution in [-0.4, -0.2) is 73.4 Å². The second-order valence-electron chi connectivity index (χ2n) is 21.7. The fraction of sp³-hybridized carbons (Fsp3) is 0.982. The molecule has 9 heteroatoms. The van der Waals surface area contributed by atoms with E-state index in [1.807, 2.05) is 21.1 Å². The number of aliphatic hydroxyl groups is 1. The lowest BCUT2D eigenvalue weighted by atomic mass is 10.0. The highest BCUT2D eigenvalue weighted by Crippen LogP contribution is 2.43. The van der Waals surface area contributed by atoms with Gasteiger partial charge in [0.25, 0.3) is 0 Å². The van der Waals surface area contributed by atoms with Gasteiger partial charge in [-0.05, 0) is 12.8 Å². The number of nitrogens with zero attached hydrogens (tertiary/aromatic N) is 1. The number of phosphoric acid groups is 1. The zero-order valence-corrected chi connectivity index (χ0v) is 46.1. The Balaban J connectivity index is 3.79. The highest BCUT2D eigenvalue weighted by atomic mass is 31.2. The first-order chi connectivity index (χ1) is 32.0. The lowest BCUT2D eigenvalue weighted by Crippen LogP contribution is -2.46. The molecular weight excluding hydrogens is 840 g/mol. The van der Waals surface area contributed by atoms with Crippen molar-refractivity contribution in [1.82, 2.24) is 5.32 Å². The number of amides is 1. The summed E-state index contributed by atoms with van der Waals surface area (Å²) in [6.45, 7) is 4.90. The van der Waals surface area contributed by atoms with Crippen molar-refractivity contribution in [2.45, 2.75) is 321 Å². The maximum absolute atomic E-state index is 12.9. The van der Waals surface area contributed by atoms with Gasteiger partial charge in [-0.2, -0.15) is 0 Å². The molecule has 0 radical (unpaired) electrons. The Labute approximate surface area is 412 Å². The number of carbonyl (C=O) groups excluding carboxylic acids is 1. The van der Waals surface area contributed by atoms with E-state index in [2.05, 4.69) is 19.2 Å². The first-order valence-corrected chi connectivity index (χ1v) is 30.9. The van der Waals surface area contributed by atoms with E-state index in [1.54, 1.807) is 0 Å². The van der Waals surface area contributed by atoms with E-state index in [0.29, 0.717) is 23.9 Å². The highest BCUT2D eigenvalue weighted by molar-refractivity contribution is 7.47. The van der Waals surface area contributed by atoms with Crippen molar-refractivity contribution < 1.29 is 32.9 Å². The molecule has 0 saturated heterocycles. The summed E-state index contributed by atoms with van der Waals surface area (Å²) in [4.78, 5) is 23.2. The minimum absolute atomic E-state index is 0.0784. The Morgan fingerprint density at radius 2 is 0.727 bits per heavy atom. The standard InChI is InChI=1S/C57H117N2O6P/c1-6-8-10-12-14-16-17-18-19-20-21-22-23-24-25-26-27-28-29-30-31-32-33-34-35-36-37-38-39-40-41-43-45-47-49-51-57(61)58-55(54-65-66(62,63)64-53-52-59(3,4)5)56(60)50-48-46-44-42-15-13-11-9-7-2/h55-56,60H,6-54H2,1-5H3,(H-,58,61,62,63)/p+1/t55-,56+/m0/s1. The largest absolute Gasteiger partial charge is 0.472 e. The van der Waals surface area contributed by atoms with E-state index in [4.69, 9.17) is 9.05 Å². The Morgan fingerprint density at radius 3 is 1.02 bits per heavy atom. The van der Waals surface area contributed by atoms with Gasteiger partial charge < -0.3 is 19.8 Å². The van der Waals surface area contributed by atoms with Crippen LogP contribution in [0.4, 0.5) is 0 Å². The number of aliphatic hydroxyl groups excluding tert-OH is 1. The molecule has 0 bridgehead atoms. The molecule has 3 N–H and O–H groups in total. The molecule has 0 aromatic carbocycles. The second-order valence-corrected chi connectivity index (χ2v) is 23.2. The third-order valence-electron chi connectivity index (χ3n) is 13.9. The fourth-order valence-corrected chi connectivity index (χ4v) is 9.96. The van der Waals surface area contributed by atoms with Crippen LogP contribution in [-0.2, 0) is 18.4 Å². The molecule has 3 atom stereocenters. The maximum Gasteiger partial charge on any atom is 0.472 e. The minimum atomic E-state index is -4.31. The van der Waals surface area contributed by atoms with Crippen molar-refractivity contribution in [2.24, 2.45) is 0 Å². The van der Waals surface area contributed by atoms with E-state index in [0.717, 1.165) is 38.5 Å². The summed E-state index contributed by atoms with van der Waals surface area (Å²) in [7, 11) is 1.63. The van der Waals surface area contributed by atoms with Gasteiger partial charge in [-0.1, -0.05) is 290 Å². The number of nitrogens with one attached hydrogen (secondary N) is 1. The van der Waals surface area contributed by atoms with Crippen molar-refractivity contribution in [3.63, 3.8) is 0 Å². The summed E-state index contributed by atoms with van der Waals surface area (Å²) in [6, 6.07) is -0.753. The summed E-state index contributed by atoms with van der Waals surface area (Å²) < 4.78 is 23.7. The molecule has 0 aliphatic carbocycles. The lowest BCUT2D eigenvalue weighted by molar-refractivity contribution is -0.870. The van der Waals surface area contributed by atoms with Gasteiger partial charge in [-0.3, -0.25) is 13.8 Å². The van der Waals surface area contributed by atoms with Crippen LogP contribution in [0, 0.1) is 0 Å². The molecule has 0 spiro atoms.